The lowest BCUT2D eigenvalue weighted by molar-refractivity contribution is 0.0982. The maximum absolute atomic E-state index is 3.50. The maximum atomic E-state index is 3.50. The molecule has 0 unspecified atom stereocenters. The van der Waals surface area contributed by atoms with Gasteiger partial charge in [0, 0.05) is 12.1 Å². The van der Waals surface area contributed by atoms with Gasteiger partial charge in [-0.3, -0.25) is 4.90 Å². The van der Waals surface area contributed by atoms with Crippen molar-refractivity contribution in [1.29, 1.82) is 0 Å². The van der Waals surface area contributed by atoms with E-state index < -0.39 is 0 Å². The summed E-state index contributed by atoms with van der Waals surface area (Å²) in [4.78, 5) is 2.88. The van der Waals surface area contributed by atoms with Gasteiger partial charge in [-0.25, -0.2) is 0 Å². The normalized spacial score (nSPS) is 25.1. The van der Waals surface area contributed by atoms with Gasteiger partial charge in [-0.05, 0) is 51.7 Å². The van der Waals surface area contributed by atoms with Crippen LogP contribution in [0.2, 0.25) is 0 Å². The van der Waals surface area contributed by atoms with Gasteiger partial charge in [0.05, 0.1) is 0 Å². The van der Waals surface area contributed by atoms with Gasteiger partial charge in [0.25, 0.3) is 0 Å². The second kappa shape index (κ2) is 7.38. The average Bonchev–Trinajstić information content (AvgIpc) is 2.66. The highest BCUT2D eigenvalue weighted by Crippen LogP contribution is 2.26. The smallest absolute Gasteiger partial charge is 0.0122 e. The molecule has 0 aromatic heterocycles. The zero-order valence-electron chi connectivity index (χ0n) is 11.6. The highest BCUT2D eigenvalue weighted by Gasteiger charge is 2.27. The highest BCUT2D eigenvalue weighted by molar-refractivity contribution is 4.83. The zero-order chi connectivity index (χ0) is 11.9. The third kappa shape index (κ3) is 3.96. The molecular weight excluding hydrogens is 208 g/mol. The molecule has 1 saturated heterocycles. The summed E-state index contributed by atoms with van der Waals surface area (Å²) in [6.07, 6.45) is 12.9. The number of piperidine rings is 1. The van der Waals surface area contributed by atoms with Crippen molar-refractivity contribution < 1.29 is 0 Å². The lowest BCUT2D eigenvalue weighted by Crippen LogP contribution is -2.48. The van der Waals surface area contributed by atoms with Gasteiger partial charge in [0.15, 0.2) is 0 Å². The van der Waals surface area contributed by atoms with Crippen molar-refractivity contribution >= 4 is 0 Å². The minimum absolute atomic E-state index is 0.874. The van der Waals surface area contributed by atoms with Gasteiger partial charge < -0.3 is 5.32 Å². The molecule has 0 bridgehead atoms. The van der Waals surface area contributed by atoms with Crippen molar-refractivity contribution in [2.75, 3.05) is 19.6 Å². The van der Waals surface area contributed by atoms with E-state index in [9.17, 15) is 0 Å². The van der Waals surface area contributed by atoms with Crippen LogP contribution in [0.5, 0.6) is 0 Å². The molecule has 100 valence electrons. The van der Waals surface area contributed by atoms with Crippen LogP contribution in [-0.4, -0.2) is 36.6 Å². The number of hydrogen-bond acceptors (Lipinski definition) is 2. The molecular formula is C15H30N2. The molecule has 0 atom stereocenters. The SMILES string of the molecule is CCCN(C1CCCCCC1)C1CCNCC1. The lowest BCUT2D eigenvalue weighted by atomic mass is 9.98. The first-order valence-corrected chi connectivity index (χ1v) is 7.88. The van der Waals surface area contributed by atoms with Gasteiger partial charge in [0.2, 0.25) is 0 Å². The van der Waals surface area contributed by atoms with E-state index in [0.717, 1.165) is 12.1 Å². The fourth-order valence-corrected chi connectivity index (χ4v) is 3.65. The molecule has 2 rings (SSSR count). The van der Waals surface area contributed by atoms with Gasteiger partial charge in [-0.1, -0.05) is 32.6 Å². The van der Waals surface area contributed by atoms with Gasteiger partial charge in [-0.2, -0.15) is 0 Å². The van der Waals surface area contributed by atoms with E-state index in [1.807, 2.05) is 0 Å². The molecule has 0 aromatic rings. The van der Waals surface area contributed by atoms with Crippen molar-refractivity contribution in [1.82, 2.24) is 10.2 Å². The fourth-order valence-electron chi connectivity index (χ4n) is 3.65. The summed E-state index contributed by atoms with van der Waals surface area (Å²) >= 11 is 0. The Labute approximate surface area is 107 Å². The van der Waals surface area contributed by atoms with E-state index in [2.05, 4.69) is 17.1 Å². The first kappa shape index (κ1) is 13.4. The van der Waals surface area contributed by atoms with E-state index in [0.29, 0.717) is 0 Å². The van der Waals surface area contributed by atoms with Crippen LogP contribution in [0.4, 0.5) is 0 Å². The van der Waals surface area contributed by atoms with Crippen LogP contribution >= 0.6 is 0 Å². The molecule has 0 amide bonds. The molecule has 0 aromatic carbocycles. The van der Waals surface area contributed by atoms with Crippen LogP contribution in [0.3, 0.4) is 0 Å². The van der Waals surface area contributed by atoms with Gasteiger partial charge in [-0.15, -0.1) is 0 Å². The fraction of sp³-hybridized carbons (Fsp3) is 1.00. The third-order valence-electron chi connectivity index (χ3n) is 4.55. The Kier molecular flexibility index (Phi) is 5.79. The minimum atomic E-state index is 0.874. The van der Waals surface area contributed by atoms with Crippen LogP contribution < -0.4 is 5.32 Å². The first-order valence-electron chi connectivity index (χ1n) is 7.88. The maximum Gasteiger partial charge on any atom is 0.0122 e. The summed E-state index contributed by atoms with van der Waals surface area (Å²) in [6, 6.07) is 1.78. The molecule has 2 nitrogen and oxygen atoms in total. The second-order valence-electron chi connectivity index (χ2n) is 5.86. The van der Waals surface area contributed by atoms with Crippen LogP contribution in [0, 0.1) is 0 Å². The summed E-state index contributed by atoms with van der Waals surface area (Å²) in [5, 5.41) is 3.50. The standard InChI is InChI=1S/C15H30N2/c1-2-13-17(15-9-11-16-12-10-15)14-7-5-3-4-6-8-14/h14-16H,2-13H2,1H3. The summed E-state index contributed by atoms with van der Waals surface area (Å²) in [5.41, 5.74) is 0. The predicted molar refractivity (Wildman–Crippen MR) is 74.4 cm³/mol. The molecule has 1 heterocycles. The average molecular weight is 238 g/mol. The van der Waals surface area contributed by atoms with Gasteiger partial charge >= 0.3 is 0 Å². The van der Waals surface area contributed by atoms with E-state index in [1.54, 1.807) is 0 Å². The molecule has 0 radical (unpaired) electrons. The second-order valence-corrected chi connectivity index (χ2v) is 5.86. The number of nitrogens with zero attached hydrogens (tertiary/aromatic N) is 1. The Morgan fingerprint density at radius 3 is 2.06 bits per heavy atom. The van der Waals surface area contributed by atoms with Crippen molar-refractivity contribution in [2.45, 2.75) is 76.8 Å². The van der Waals surface area contributed by atoms with Crippen molar-refractivity contribution in [3.63, 3.8) is 0 Å². The highest BCUT2D eigenvalue weighted by atomic mass is 15.2. The Morgan fingerprint density at radius 2 is 1.47 bits per heavy atom. The molecule has 2 fully saturated rings. The quantitative estimate of drug-likeness (QED) is 0.757. The number of rotatable bonds is 4. The summed E-state index contributed by atoms with van der Waals surface area (Å²) < 4.78 is 0. The number of hydrogen-bond donors (Lipinski definition) is 1. The summed E-state index contributed by atoms with van der Waals surface area (Å²) in [6.45, 7) is 6.13. The van der Waals surface area contributed by atoms with E-state index in [4.69, 9.17) is 0 Å². The van der Waals surface area contributed by atoms with Crippen LogP contribution in [-0.2, 0) is 0 Å². The molecule has 1 aliphatic heterocycles. The van der Waals surface area contributed by atoms with Crippen molar-refractivity contribution in [2.24, 2.45) is 0 Å². The molecule has 17 heavy (non-hydrogen) atoms. The first-order chi connectivity index (χ1) is 8.42. The molecule has 1 N–H and O–H groups in total. The van der Waals surface area contributed by atoms with E-state index in [1.165, 1.54) is 77.4 Å². The van der Waals surface area contributed by atoms with Crippen molar-refractivity contribution in [3.05, 3.63) is 0 Å². The predicted octanol–water partition coefficient (Wildman–Crippen LogP) is 3.17. The topological polar surface area (TPSA) is 15.3 Å². The van der Waals surface area contributed by atoms with E-state index in [-0.39, 0.29) is 0 Å². The lowest BCUT2D eigenvalue weighted by Gasteiger charge is -2.40. The van der Waals surface area contributed by atoms with E-state index >= 15 is 0 Å². The molecule has 2 heteroatoms. The molecule has 2 aliphatic rings. The van der Waals surface area contributed by atoms with Crippen LogP contribution in [0.15, 0.2) is 0 Å². The Morgan fingerprint density at radius 1 is 0.882 bits per heavy atom. The largest absolute Gasteiger partial charge is 0.317 e. The third-order valence-corrected chi connectivity index (χ3v) is 4.55. The molecule has 1 saturated carbocycles. The monoisotopic (exact) mass is 238 g/mol. The van der Waals surface area contributed by atoms with Crippen LogP contribution in [0.1, 0.15) is 64.7 Å². The minimum Gasteiger partial charge on any atom is -0.317 e. The Hall–Kier alpha value is -0.0800. The van der Waals surface area contributed by atoms with Crippen LogP contribution in [0.25, 0.3) is 0 Å². The summed E-state index contributed by atoms with van der Waals surface area (Å²) in [5.74, 6) is 0. The molecule has 1 aliphatic carbocycles. The number of nitrogens with one attached hydrogen (secondary N) is 1. The zero-order valence-corrected chi connectivity index (χ0v) is 11.6. The Balaban J connectivity index is 1.93. The molecule has 0 spiro atoms. The van der Waals surface area contributed by atoms with Crippen molar-refractivity contribution in [3.8, 4) is 0 Å². The summed E-state index contributed by atoms with van der Waals surface area (Å²) in [7, 11) is 0. The Bertz CT molecular complexity index is 191. The van der Waals surface area contributed by atoms with Gasteiger partial charge in [0.1, 0.15) is 0 Å².